The fourth-order valence-electron chi connectivity index (χ4n) is 3.49. The topological polar surface area (TPSA) is 103 Å². The van der Waals surface area contributed by atoms with Crippen molar-refractivity contribution in [2.45, 2.75) is 44.2 Å². The third-order valence-corrected chi connectivity index (χ3v) is 6.91. The van der Waals surface area contributed by atoms with E-state index < -0.39 is 15.9 Å². The van der Waals surface area contributed by atoms with Crippen LogP contribution in [-0.4, -0.2) is 48.3 Å². The molecule has 1 saturated heterocycles. The van der Waals surface area contributed by atoms with Gasteiger partial charge in [-0.05, 0) is 31.9 Å². The Kier molecular flexibility index (Phi) is 5.46. The van der Waals surface area contributed by atoms with E-state index in [1.807, 2.05) is 6.92 Å². The molecule has 9 nitrogen and oxygen atoms in total. The van der Waals surface area contributed by atoms with Crippen molar-refractivity contribution >= 4 is 21.6 Å². The van der Waals surface area contributed by atoms with Crippen molar-refractivity contribution < 1.29 is 22.7 Å². The minimum Gasteiger partial charge on any atom is -0.454 e. The average molecular weight is 420 g/mol. The number of aromatic nitrogens is 2. The zero-order valence-corrected chi connectivity index (χ0v) is 17.1. The van der Waals surface area contributed by atoms with Crippen LogP contribution in [0, 0.1) is 0 Å². The molecule has 2 aliphatic heterocycles. The highest BCUT2D eigenvalue weighted by Crippen LogP contribution is 2.34. The highest BCUT2D eigenvalue weighted by molar-refractivity contribution is 7.89. The van der Waals surface area contributed by atoms with Crippen LogP contribution in [0.5, 0.6) is 11.5 Å². The quantitative estimate of drug-likeness (QED) is 0.797. The van der Waals surface area contributed by atoms with E-state index in [0.29, 0.717) is 36.8 Å². The van der Waals surface area contributed by atoms with Gasteiger partial charge in [0.15, 0.2) is 11.5 Å². The van der Waals surface area contributed by atoms with E-state index in [4.69, 9.17) is 9.47 Å². The molecule has 1 N–H and O–H groups in total. The number of nitrogens with zero attached hydrogens (tertiary/aromatic N) is 3. The van der Waals surface area contributed by atoms with Gasteiger partial charge in [-0.2, -0.15) is 9.40 Å². The number of rotatable bonds is 5. The standard InChI is InChI=1S/C19H24N4O5S/c1-2-22-12-15(18(24)20-14-7-8-16-17(11-14)28-13-27-16)19(21-22)29(25,26)23-9-5-3-4-6-10-23/h7-8,11-12H,2-6,9-10,13H2,1H3,(H,20,24). The molecule has 2 aromatic rings. The number of benzene rings is 1. The number of aryl methyl sites for hydroxylation is 1. The maximum Gasteiger partial charge on any atom is 0.263 e. The summed E-state index contributed by atoms with van der Waals surface area (Å²) in [5, 5.41) is 6.76. The number of carbonyl (C=O) groups is 1. The maximum absolute atomic E-state index is 13.2. The molecule has 1 aromatic carbocycles. The summed E-state index contributed by atoms with van der Waals surface area (Å²) < 4.78 is 40.0. The van der Waals surface area contributed by atoms with Crippen LogP contribution in [-0.2, 0) is 16.6 Å². The largest absolute Gasteiger partial charge is 0.454 e. The number of amides is 1. The predicted molar refractivity (Wildman–Crippen MR) is 106 cm³/mol. The van der Waals surface area contributed by atoms with Crippen LogP contribution in [0.4, 0.5) is 5.69 Å². The number of hydrogen-bond acceptors (Lipinski definition) is 6. The Morgan fingerprint density at radius 3 is 2.59 bits per heavy atom. The van der Waals surface area contributed by atoms with Gasteiger partial charge >= 0.3 is 0 Å². The number of fused-ring (bicyclic) bond motifs is 1. The molecule has 0 atom stereocenters. The van der Waals surface area contributed by atoms with Crippen molar-refractivity contribution in [2.24, 2.45) is 0 Å². The SMILES string of the molecule is CCn1cc(C(=O)Nc2ccc3c(c2)OCO3)c(S(=O)(=O)N2CCCCCC2)n1. The molecule has 0 aliphatic carbocycles. The fraction of sp³-hybridized carbons (Fsp3) is 0.474. The Balaban J connectivity index is 1.63. The van der Waals surface area contributed by atoms with Crippen LogP contribution in [0.2, 0.25) is 0 Å². The van der Waals surface area contributed by atoms with Crippen molar-refractivity contribution in [3.8, 4) is 11.5 Å². The first-order chi connectivity index (χ1) is 14.0. The molecule has 29 heavy (non-hydrogen) atoms. The Hall–Kier alpha value is -2.59. The molecule has 10 heteroatoms. The summed E-state index contributed by atoms with van der Waals surface area (Å²) in [5.41, 5.74) is 0.524. The van der Waals surface area contributed by atoms with E-state index in [-0.39, 0.29) is 17.4 Å². The van der Waals surface area contributed by atoms with E-state index in [9.17, 15) is 13.2 Å². The van der Waals surface area contributed by atoms with Gasteiger partial charge in [0.1, 0.15) is 0 Å². The lowest BCUT2D eigenvalue weighted by Gasteiger charge is -2.19. The van der Waals surface area contributed by atoms with Gasteiger partial charge in [0, 0.05) is 37.6 Å². The molecule has 0 spiro atoms. The molecule has 0 unspecified atom stereocenters. The molecule has 4 rings (SSSR count). The summed E-state index contributed by atoms with van der Waals surface area (Å²) in [6, 6.07) is 5.02. The highest BCUT2D eigenvalue weighted by atomic mass is 32.2. The molecule has 1 aromatic heterocycles. The second-order valence-electron chi connectivity index (χ2n) is 7.04. The van der Waals surface area contributed by atoms with Crippen LogP contribution < -0.4 is 14.8 Å². The number of ether oxygens (including phenoxy) is 2. The molecule has 2 aliphatic rings. The van der Waals surface area contributed by atoms with Crippen LogP contribution in [0.25, 0.3) is 0 Å². The van der Waals surface area contributed by atoms with E-state index >= 15 is 0 Å². The van der Waals surface area contributed by atoms with Crippen LogP contribution in [0.15, 0.2) is 29.4 Å². The summed E-state index contributed by atoms with van der Waals surface area (Å²) in [6.45, 7) is 3.33. The Morgan fingerprint density at radius 2 is 1.86 bits per heavy atom. The predicted octanol–water partition coefficient (Wildman–Crippen LogP) is 2.45. The van der Waals surface area contributed by atoms with Gasteiger partial charge in [0.25, 0.3) is 15.9 Å². The molecular formula is C19H24N4O5S. The van der Waals surface area contributed by atoms with E-state index in [1.54, 1.807) is 18.2 Å². The fourth-order valence-corrected chi connectivity index (χ4v) is 5.10. The minimum atomic E-state index is -3.86. The molecular weight excluding hydrogens is 396 g/mol. The first-order valence-corrected chi connectivity index (χ1v) is 11.2. The molecule has 1 fully saturated rings. The van der Waals surface area contributed by atoms with Crippen LogP contribution in [0.1, 0.15) is 43.0 Å². The van der Waals surface area contributed by atoms with Gasteiger partial charge < -0.3 is 14.8 Å². The molecule has 0 bridgehead atoms. The van der Waals surface area contributed by atoms with E-state index in [1.165, 1.54) is 15.2 Å². The second-order valence-corrected chi connectivity index (χ2v) is 8.90. The summed E-state index contributed by atoms with van der Waals surface area (Å²) in [5.74, 6) is 0.604. The zero-order valence-electron chi connectivity index (χ0n) is 16.3. The monoisotopic (exact) mass is 420 g/mol. The number of carbonyl (C=O) groups excluding carboxylic acids is 1. The summed E-state index contributed by atoms with van der Waals surface area (Å²) in [4.78, 5) is 12.9. The second kappa shape index (κ2) is 8.03. The van der Waals surface area contributed by atoms with Crippen molar-refractivity contribution in [1.29, 1.82) is 0 Å². The van der Waals surface area contributed by atoms with E-state index in [2.05, 4.69) is 10.4 Å². The molecule has 0 saturated carbocycles. The summed E-state index contributed by atoms with van der Waals surface area (Å²) in [6.07, 6.45) is 5.12. The van der Waals surface area contributed by atoms with E-state index in [0.717, 1.165) is 25.7 Å². The Morgan fingerprint density at radius 1 is 1.14 bits per heavy atom. The first kappa shape index (κ1) is 19.7. The third-order valence-electron chi connectivity index (χ3n) is 5.08. The molecule has 0 radical (unpaired) electrons. The lowest BCUT2D eigenvalue weighted by atomic mass is 10.2. The summed E-state index contributed by atoms with van der Waals surface area (Å²) in [7, 11) is -3.86. The van der Waals surface area contributed by atoms with Gasteiger partial charge in [-0.25, -0.2) is 8.42 Å². The Bertz CT molecular complexity index is 1010. The normalized spacial score (nSPS) is 17.1. The number of nitrogens with one attached hydrogen (secondary N) is 1. The first-order valence-electron chi connectivity index (χ1n) is 9.77. The van der Waals surface area contributed by atoms with Crippen molar-refractivity contribution in [1.82, 2.24) is 14.1 Å². The lowest BCUT2D eigenvalue weighted by molar-refractivity contribution is 0.102. The van der Waals surface area contributed by atoms with Gasteiger partial charge in [0.05, 0.1) is 5.56 Å². The van der Waals surface area contributed by atoms with Gasteiger partial charge in [0.2, 0.25) is 11.8 Å². The average Bonchev–Trinajstić information content (AvgIpc) is 3.27. The van der Waals surface area contributed by atoms with Gasteiger partial charge in [-0.3, -0.25) is 9.48 Å². The Labute approximate surface area is 169 Å². The van der Waals surface area contributed by atoms with Gasteiger partial charge in [-0.1, -0.05) is 12.8 Å². The van der Waals surface area contributed by atoms with Gasteiger partial charge in [-0.15, -0.1) is 0 Å². The lowest BCUT2D eigenvalue weighted by Crippen LogP contribution is -2.33. The summed E-state index contributed by atoms with van der Waals surface area (Å²) >= 11 is 0. The van der Waals surface area contributed by atoms with Crippen molar-refractivity contribution in [3.63, 3.8) is 0 Å². The smallest absolute Gasteiger partial charge is 0.263 e. The van der Waals surface area contributed by atoms with Crippen LogP contribution in [0.3, 0.4) is 0 Å². The van der Waals surface area contributed by atoms with Crippen LogP contribution >= 0.6 is 0 Å². The zero-order chi connectivity index (χ0) is 20.4. The minimum absolute atomic E-state index is 0.0359. The highest BCUT2D eigenvalue weighted by Gasteiger charge is 2.33. The van der Waals surface area contributed by atoms with Crippen molar-refractivity contribution in [3.05, 3.63) is 30.0 Å². The maximum atomic E-state index is 13.2. The molecule has 1 amide bonds. The number of sulfonamides is 1. The number of hydrogen-bond donors (Lipinski definition) is 1. The van der Waals surface area contributed by atoms with Crippen molar-refractivity contribution in [2.75, 3.05) is 25.2 Å². The number of anilines is 1. The molecule has 3 heterocycles. The third kappa shape index (κ3) is 3.95. The molecule has 156 valence electrons.